The van der Waals surface area contributed by atoms with Crippen LogP contribution in [0.4, 0.5) is 5.95 Å². The Bertz CT molecular complexity index is 568. The maximum atomic E-state index is 5.77. The van der Waals surface area contributed by atoms with Gasteiger partial charge in [0.15, 0.2) is 0 Å². The monoisotopic (exact) mass is 290 g/mol. The first-order valence-corrected chi connectivity index (χ1v) is 7.09. The predicted octanol–water partition coefficient (Wildman–Crippen LogP) is 1.05. The van der Waals surface area contributed by atoms with Gasteiger partial charge in [0.2, 0.25) is 5.95 Å². The molecular formula is C13H18N6O2. The first kappa shape index (κ1) is 13.7. The van der Waals surface area contributed by atoms with Crippen molar-refractivity contribution in [3.05, 3.63) is 18.5 Å². The molecule has 0 bridgehead atoms. The predicted molar refractivity (Wildman–Crippen MR) is 75.6 cm³/mol. The molecule has 1 aliphatic rings. The smallest absolute Gasteiger partial charge is 0.323 e. The fraction of sp³-hybridized carbons (Fsp3) is 0.538. The summed E-state index contributed by atoms with van der Waals surface area (Å²) < 4.78 is 12.6. The van der Waals surface area contributed by atoms with Crippen molar-refractivity contribution in [2.24, 2.45) is 0 Å². The summed E-state index contributed by atoms with van der Waals surface area (Å²) >= 11 is 0. The number of ether oxygens (including phenoxy) is 2. The zero-order valence-corrected chi connectivity index (χ0v) is 11.9. The molecule has 112 valence electrons. The van der Waals surface area contributed by atoms with Crippen molar-refractivity contribution in [2.45, 2.75) is 25.9 Å². The van der Waals surface area contributed by atoms with E-state index < -0.39 is 0 Å². The first-order valence-electron chi connectivity index (χ1n) is 7.09. The zero-order valence-electron chi connectivity index (χ0n) is 11.9. The number of aromatic nitrogens is 5. The number of hydrogen-bond acceptors (Lipinski definition) is 7. The van der Waals surface area contributed by atoms with Crippen molar-refractivity contribution in [1.82, 2.24) is 24.7 Å². The van der Waals surface area contributed by atoms with Gasteiger partial charge in [-0.05, 0) is 12.5 Å². The lowest BCUT2D eigenvalue weighted by Crippen LogP contribution is -2.19. The summed E-state index contributed by atoms with van der Waals surface area (Å²) in [5.74, 6) is 0.925. The number of anilines is 1. The molecule has 0 saturated carbocycles. The van der Waals surface area contributed by atoms with E-state index in [1.54, 1.807) is 17.1 Å². The second-order valence-corrected chi connectivity index (χ2v) is 4.72. The van der Waals surface area contributed by atoms with Crippen molar-refractivity contribution in [3.8, 4) is 12.0 Å². The molecule has 1 fully saturated rings. The van der Waals surface area contributed by atoms with Gasteiger partial charge in [0.1, 0.15) is 6.10 Å². The third-order valence-corrected chi connectivity index (χ3v) is 3.01. The molecule has 0 aliphatic carbocycles. The minimum Gasteiger partial charge on any atom is -0.457 e. The lowest BCUT2D eigenvalue weighted by Gasteiger charge is -2.12. The third kappa shape index (κ3) is 3.46. The van der Waals surface area contributed by atoms with E-state index in [0.717, 1.165) is 19.4 Å². The van der Waals surface area contributed by atoms with E-state index in [0.29, 0.717) is 31.1 Å². The van der Waals surface area contributed by atoms with Gasteiger partial charge in [0.25, 0.3) is 5.95 Å². The van der Waals surface area contributed by atoms with Gasteiger partial charge in [-0.25, -0.2) is 4.68 Å². The Morgan fingerprint density at radius 2 is 2.38 bits per heavy atom. The molecule has 0 spiro atoms. The zero-order chi connectivity index (χ0) is 14.5. The molecule has 1 N–H and O–H groups in total. The van der Waals surface area contributed by atoms with Crippen LogP contribution in [0.3, 0.4) is 0 Å². The number of nitrogens with one attached hydrogen (secondary N) is 1. The number of rotatable bonds is 6. The molecule has 1 unspecified atom stereocenters. The first-order chi connectivity index (χ1) is 10.3. The van der Waals surface area contributed by atoms with Gasteiger partial charge in [-0.15, -0.1) is 0 Å². The van der Waals surface area contributed by atoms with Gasteiger partial charge in [0.05, 0.1) is 13.2 Å². The standard InChI is InChI=1S/C13H18N6O2/c1-2-5-14-11-16-12(19-7-3-6-15-19)18-13(17-11)21-10-4-8-20-9-10/h3,6-7,10H,2,4-5,8-9H2,1H3,(H,14,16,17,18). The van der Waals surface area contributed by atoms with E-state index in [4.69, 9.17) is 9.47 Å². The molecule has 0 radical (unpaired) electrons. The lowest BCUT2D eigenvalue weighted by atomic mass is 10.3. The van der Waals surface area contributed by atoms with Crippen molar-refractivity contribution in [2.75, 3.05) is 25.1 Å². The molecular weight excluding hydrogens is 272 g/mol. The molecule has 8 nitrogen and oxygen atoms in total. The van der Waals surface area contributed by atoms with Crippen LogP contribution in [0.5, 0.6) is 6.01 Å². The summed E-state index contributed by atoms with van der Waals surface area (Å²) in [4.78, 5) is 12.9. The largest absolute Gasteiger partial charge is 0.457 e. The van der Waals surface area contributed by atoms with Crippen LogP contribution in [0.25, 0.3) is 5.95 Å². The molecule has 1 atom stereocenters. The fourth-order valence-electron chi connectivity index (χ4n) is 1.96. The average Bonchev–Trinajstić information content (AvgIpc) is 3.18. The van der Waals surface area contributed by atoms with E-state index in [1.807, 2.05) is 6.07 Å². The van der Waals surface area contributed by atoms with Crippen LogP contribution in [0.15, 0.2) is 18.5 Å². The molecule has 3 rings (SSSR count). The summed E-state index contributed by atoms with van der Waals surface area (Å²) in [7, 11) is 0. The minimum atomic E-state index is -0.00287. The fourth-order valence-corrected chi connectivity index (χ4v) is 1.96. The lowest BCUT2D eigenvalue weighted by molar-refractivity contribution is 0.134. The second-order valence-electron chi connectivity index (χ2n) is 4.72. The summed E-state index contributed by atoms with van der Waals surface area (Å²) in [6.07, 6.45) is 5.28. The molecule has 3 heterocycles. The summed E-state index contributed by atoms with van der Waals surface area (Å²) in [6, 6.07) is 2.11. The molecule has 2 aromatic rings. The summed E-state index contributed by atoms with van der Waals surface area (Å²) in [6.45, 7) is 4.15. The Kier molecular flexibility index (Phi) is 4.25. The second kappa shape index (κ2) is 6.49. The molecule has 2 aromatic heterocycles. The Hall–Kier alpha value is -2.22. The Labute approximate surface area is 122 Å². The van der Waals surface area contributed by atoms with Gasteiger partial charge >= 0.3 is 6.01 Å². The van der Waals surface area contributed by atoms with Crippen LogP contribution in [-0.2, 0) is 4.74 Å². The highest BCUT2D eigenvalue weighted by Crippen LogP contribution is 2.15. The highest BCUT2D eigenvalue weighted by atomic mass is 16.6. The van der Waals surface area contributed by atoms with Gasteiger partial charge in [0, 0.05) is 25.4 Å². The van der Waals surface area contributed by atoms with E-state index in [-0.39, 0.29) is 6.10 Å². The van der Waals surface area contributed by atoms with Crippen molar-refractivity contribution >= 4 is 5.95 Å². The van der Waals surface area contributed by atoms with Crippen molar-refractivity contribution in [3.63, 3.8) is 0 Å². The molecule has 1 saturated heterocycles. The number of nitrogens with zero attached hydrogens (tertiary/aromatic N) is 5. The molecule has 0 amide bonds. The van der Waals surface area contributed by atoms with E-state index >= 15 is 0 Å². The van der Waals surface area contributed by atoms with Crippen LogP contribution in [0.2, 0.25) is 0 Å². The van der Waals surface area contributed by atoms with Crippen LogP contribution in [0.1, 0.15) is 19.8 Å². The van der Waals surface area contributed by atoms with Crippen molar-refractivity contribution in [1.29, 1.82) is 0 Å². The van der Waals surface area contributed by atoms with Crippen LogP contribution in [0, 0.1) is 0 Å². The third-order valence-electron chi connectivity index (χ3n) is 3.01. The Balaban J connectivity index is 1.84. The Morgan fingerprint density at radius 1 is 1.43 bits per heavy atom. The topological polar surface area (TPSA) is 87.0 Å². The Morgan fingerprint density at radius 3 is 3.10 bits per heavy atom. The van der Waals surface area contributed by atoms with Gasteiger partial charge in [-0.2, -0.15) is 20.1 Å². The quantitative estimate of drug-likeness (QED) is 0.850. The number of hydrogen-bond donors (Lipinski definition) is 1. The van der Waals surface area contributed by atoms with Crippen LogP contribution in [-0.4, -0.2) is 50.6 Å². The highest BCUT2D eigenvalue weighted by molar-refractivity contribution is 5.30. The van der Waals surface area contributed by atoms with Crippen molar-refractivity contribution < 1.29 is 9.47 Å². The van der Waals surface area contributed by atoms with Crippen LogP contribution >= 0.6 is 0 Å². The normalized spacial score (nSPS) is 17.9. The minimum absolute atomic E-state index is 0.00287. The van der Waals surface area contributed by atoms with E-state index in [9.17, 15) is 0 Å². The molecule has 21 heavy (non-hydrogen) atoms. The maximum absolute atomic E-state index is 5.77. The summed E-state index contributed by atoms with van der Waals surface area (Å²) in [5.41, 5.74) is 0. The van der Waals surface area contributed by atoms with E-state index in [1.165, 1.54) is 0 Å². The van der Waals surface area contributed by atoms with Gasteiger partial charge < -0.3 is 14.8 Å². The maximum Gasteiger partial charge on any atom is 0.323 e. The van der Waals surface area contributed by atoms with Crippen LogP contribution < -0.4 is 10.1 Å². The highest BCUT2D eigenvalue weighted by Gasteiger charge is 2.19. The molecule has 0 aromatic carbocycles. The van der Waals surface area contributed by atoms with E-state index in [2.05, 4.69) is 32.3 Å². The van der Waals surface area contributed by atoms with Gasteiger partial charge in [-0.1, -0.05) is 6.92 Å². The average molecular weight is 290 g/mol. The molecule has 1 aliphatic heterocycles. The van der Waals surface area contributed by atoms with Gasteiger partial charge in [-0.3, -0.25) is 0 Å². The molecule has 8 heteroatoms. The SMILES string of the molecule is CCCNc1nc(OC2CCOC2)nc(-n2cccn2)n1. The summed E-state index contributed by atoms with van der Waals surface area (Å²) in [5, 5.41) is 7.28.